The van der Waals surface area contributed by atoms with Gasteiger partial charge in [-0.2, -0.15) is 5.10 Å². The molecular formula is C20H11ClF3N3O2. The maximum Gasteiger partial charge on any atom is 0.335 e. The maximum absolute atomic E-state index is 14.6. The van der Waals surface area contributed by atoms with Gasteiger partial charge in [0.2, 0.25) is 0 Å². The molecule has 0 bridgehead atoms. The highest BCUT2D eigenvalue weighted by Crippen LogP contribution is 2.30. The zero-order valence-electron chi connectivity index (χ0n) is 14.5. The van der Waals surface area contributed by atoms with Crippen LogP contribution in [0.5, 0.6) is 0 Å². The van der Waals surface area contributed by atoms with Gasteiger partial charge in [-0.3, -0.25) is 9.67 Å². The molecule has 0 saturated carbocycles. The van der Waals surface area contributed by atoms with Crippen LogP contribution in [0.4, 0.5) is 13.2 Å². The molecular weight excluding hydrogens is 407 g/mol. The fraction of sp³-hybridized carbons (Fsp3) is 0.0500. The summed E-state index contributed by atoms with van der Waals surface area (Å²) in [5.41, 5.74) is 0.627. The number of carbonyl (C=O) groups is 1. The van der Waals surface area contributed by atoms with Crippen molar-refractivity contribution in [3.8, 4) is 11.3 Å². The molecule has 4 aromatic rings. The highest BCUT2D eigenvalue weighted by molar-refractivity contribution is 6.31. The topological polar surface area (TPSA) is 68.0 Å². The second-order valence-electron chi connectivity index (χ2n) is 6.20. The van der Waals surface area contributed by atoms with Crippen LogP contribution in [0.3, 0.4) is 0 Å². The molecule has 5 nitrogen and oxygen atoms in total. The first kappa shape index (κ1) is 18.9. The molecule has 1 N–H and O–H groups in total. The van der Waals surface area contributed by atoms with Gasteiger partial charge in [-0.1, -0.05) is 11.6 Å². The second-order valence-corrected chi connectivity index (χ2v) is 6.61. The minimum Gasteiger partial charge on any atom is -0.478 e. The summed E-state index contributed by atoms with van der Waals surface area (Å²) >= 11 is 6.02. The van der Waals surface area contributed by atoms with Crippen molar-refractivity contribution in [2.45, 2.75) is 6.54 Å². The Morgan fingerprint density at radius 3 is 2.62 bits per heavy atom. The van der Waals surface area contributed by atoms with Crippen LogP contribution in [-0.4, -0.2) is 25.8 Å². The average Bonchev–Trinajstić information content (AvgIpc) is 3.06. The van der Waals surface area contributed by atoms with Crippen LogP contribution in [0.25, 0.3) is 22.3 Å². The molecule has 9 heteroatoms. The minimum atomic E-state index is -1.26. The Morgan fingerprint density at radius 1 is 1.10 bits per heavy atom. The fourth-order valence-corrected chi connectivity index (χ4v) is 3.22. The van der Waals surface area contributed by atoms with E-state index in [9.17, 15) is 18.0 Å². The van der Waals surface area contributed by atoms with Crippen molar-refractivity contribution in [2.24, 2.45) is 0 Å². The molecule has 0 aliphatic rings. The summed E-state index contributed by atoms with van der Waals surface area (Å²) in [5, 5.41) is 13.4. The highest BCUT2D eigenvalue weighted by Gasteiger charge is 2.20. The number of aromatic nitrogens is 3. The van der Waals surface area contributed by atoms with E-state index < -0.39 is 23.4 Å². The zero-order valence-corrected chi connectivity index (χ0v) is 15.3. The molecule has 146 valence electrons. The Bertz CT molecular complexity index is 1270. The van der Waals surface area contributed by atoms with E-state index in [4.69, 9.17) is 16.7 Å². The van der Waals surface area contributed by atoms with E-state index in [2.05, 4.69) is 10.1 Å². The first-order valence-corrected chi connectivity index (χ1v) is 8.71. The molecule has 0 amide bonds. The third-order valence-corrected chi connectivity index (χ3v) is 4.78. The molecule has 2 heterocycles. The first-order valence-electron chi connectivity index (χ1n) is 8.34. The van der Waals surface area contributed by atoms with Crippen LogP contribution in [0.15, 0.2) is 48.7 Å². The predicted octanol–water partition coefficient (Wildman–Crippen LogP) is 4.92. The van der Waals surface area contributed by atoms with Crippen LogP contribution < -0.4 is 0 Å². The number of hydrogen-bond acceptors (Lipinski definition) is 3. The number of halogens is 4. The second kappa shape index (κ2) is 7.21. The zero-order chi connectivity index (χ0) is 20.7. The lowest BCUT2D eigenvalue weighted by molar-refractivity contribution is 0.0696. The number of aromatic carboxylic acids is 1. The lowest BCUT2D eigenvalue weighted by Crippen LogP contribution is -2.06. The molecule has 0 saturated heterocycles. The average molecular weight is 418 g/mol. The molecule has 4 rings (SSSR count). The quantitative estimate of drug-likeness (QED) is 0.479. The van der Waals surface area contributed by atoms with Crippen LogP contribution in [0, 0.1) is 17.5 Å². The van der Waals surface area contributed by atoms with E-state index in [1.807, 2.05) is 0 Å². The van der Waals surface area contributed by atoms with Gasteiger partial charge < -0.3 is 5.11 Å². The Balaban J connectivity index is 1.88. The van der Waals surface area contributed by atoms with Crippen LogP contribution >= 0.6 is 11.6 Å². The maximum atomic E-state index is 14.6. The fourth-order valence-electron chi connectivity index (χ4n) is 3.02. The normalized spacial score (nSPS) is 11.2. The summed E-state index contributed by atoms with van der Waals surface area (Å²) in [6, 6.07) is 8.85. The number of fused-ring (bicyclic) bond motifs is 1. The van der Waals surface area contributed by atoms with Gasteiger partial charge in [0.15, 0.2) is 11.6 Å². The van der Waals surface area contributed by atoms with Gasteiger partial charge in [-0.15, -0.1) is 0 Å². The van der Waals surface area contributed by atoms with E-state index in [1.54, 1.807) is 12.1 Å². The number of benzene rings is 2. The molecule has 29 heavy (non-hydrogen) atoms. The van der Waals surface area contributed by atoms with Gasteiger partial charge in [0.25, 0.3) is 0 Å². The smallest absolute Gasteiger partial charge is 0.335 e. The summed E-state index contributed by atoms with van der Waals surface area (Å²) in [5.74, 6) is -4.20. The van der Waals surface area contributed by atoms with Gasteiger partial charge >= 0.3 is 5.97 Å². The van der Waals surface area contributed by atoms with E-state index in [0.29, 0.717) is 11.0 Å². The van der Waals surface area contributed by atoms with Crippen molar-refractivity contribution in [2.75, 3.05) is 0 Å². The summed E-state index contributed by atoms with van der Waals surface area (Å²) in [4.78, 5) is 15.2. The van der Waals surface area contributed by atoms with E-state index in [1.165, 1.54) is 29.1 Å². The van der Waals surface area contributed by atoms with Gasteiger partial charge in [0.1, 0.15) is 17.0 Å². The van der Waals surface area contributed by atoms with Crippen molar-refractivity contribution in [1.29, 1.82) is 0 Å². The van der Waals surface area contributed by atoms with Gasteiger partial charge in [0.05, 0.1) is 17.6 Å². The summed E-state index contributed by atoms with van der Waals surface area (Å²) < 4.78 is 43.8. The molecule has 0 aliphatic heterocycles. The van der Waals surface area contributed by atoms with Crippen LogP contribution in [0.1, 0.15) is 15.9 Å². The van der Waals surface area contributed by atoms with Crippen molar-refractivity contribution in [3.63, 3.8) is 0 Å². The Morgan fingerprint density at radius 2 is 1.90 bits per heavy atom. The lowest BCUT2D eigenvalue weighted by atomic mass is 10.1. The van der Waals surface area contributed by atoms with Crippen LogP contribution in [-0.2, 0) is 6.54 Å². The van der Waals surface area contributed by atoms with Gasteiger partial charge in [0, 0.05) is 22.3 Å². The molecule has 0 spiro atoms. The van der Waals surface area contributed by atoms with E-state index >= 15 is 0 Å². The van der Waals surface area contributed by atoms with E-state index in [0.717, 1.165) is 12.1 Å². The molecule has 0 aliphatic carbocycles. The lowest BCUT2D eigenvalue weighted by Gasteiger charge is -2.08. The van der Waals surface area contributed by atoms with Gasteiger partial charge in [-0.25, -0.2) is 18.0 Å². The van der Waals surface area contributed by atoms with Crippen molar-refractivity contribution >= 4 is 28.6 Å². The summed E-state index contributed by atoms with van der Waals surface area (Å²) in [6.07, 6.45) is 1.48. The Kier molecular flexibility index (Phi) is 4.71. The predicted molar refractivity (Wildman–Crippen MR) is 100 cm³/mol. The van der Waals surface area contributed by atoms with Crippen molar-refractivity contribution in [3.05, 3.63) is 82.3 Å². The van der Waals surface area contributed by atoms with Crippen molar-refractivity contribution in [1.82, 2.24) is 14.8 Å². The molecule has 2 aromatic carbocycles. The third-order valence-electron chi connectivity index (χ3n) is 4.43. The van der Waals surface area contributed by atoms with Crippen LogP contribution in [0.2, 0.25) is 5.02 Å². The number of carboxylic acid groups (broad SMARTS) is 1. The highest BCUT2D eigenvalue weighted by atomic mass is 35.5. The monoisotopic (exact) mass is 417 g/mol. The van der Waals surface area contributed by atoms with Gasteiger partial charge in [-0.05, 0) is 42.5 Å². The summed E-state index contributed by atoms with van der Waals surface area (Å²) in [6.45, 7) is -0.209. The SMILES string of the molecule is O=C(O)c1ccc(-c2nn(Cc3c(Cl)ccc(F)c3F)c3cccnc23)c(F)c1. The molecule has 0 atom stereocenters. The number of nitrogens with zero attached hydrogens (tertiary/aromatic N) is 3. The number of rotatable bonds is 4. The summed E-state index contributed by atoms with van der Waals surface area (Å²) in [7, 11) is 0. The van der Waals surface area contributed by atoms with Crippen molar-refractivity contribution < 1.29 is 23.1 Å². The molecule has 0 fully saturated rings. The largest absolute Gasteiger partial charge is 0.478 e. The molecule has 0 unspecified atom stereocenters. The first-order chi connectivity index (χ1) is 13.9. The Labute approximate surface area is 167 Å². The van der Waals surface area contributed by atoms with E-state index in [-0.39, 0.29) is 34.0 Å². The number of carboxylic acids is 1. The number of pyridine rings is 1. The molecule has 0 radical (unpaired) electrons. The molecule has 2 aromatic heterocycles. The standard InChI is InChI=1S/C20H11ClF3N3O2/c21-13-5-6-14(22)17(24)12(13)9-27-16-2-1-7-25-19(16)18(26-27)11-4-3-10(20(28)29)8-15(11)23/h1-8H,9H2,(H,28,29). The number of hydrogen-bond donors (Lipinski definition) is 1. The third kappa shape index (κ3) is 3.31. The minimum absolute atomic E-state index is 0.0231. The Hall–Kier alpha value is -3.39.